The molecule has 0 amide bonds. The summed E-state index contributed by atoms with van der Waals surface area (Å²) in [5.74, 6) is 0.0574. The molecule has 1 saturated carbocycles. The molecule has 1 aromatic carbocycles. The molecule has 6 rings (SSSR count). The Labute approximate surface area is 198 Å². The van der Waals surface area contributed by atoms with Gasteiger partial charge in [-0.25, -0.2) is 0 Å². The van der Waals surface area contributed by atoms with Crippen LogP contribution in [0.5, 0.6) is 0 Å². The molecule has 3 fully saturated rings. The minimum atomic E-state index is -4.48. The van der Waals surface area contributed by atoms with Crippen LogP contribution in [0.25, 0.3) is 10.9 Å². The second-order valence-corrected chi connectivity index (χ2v) is 9.55. The van der Waals surface area contributed by atoms with Crippen molar-refractivity contribution in [2.24, 2.45) is 5.41 Å². The number of rotatable bonds is 3. The van der Waals surface area contributed by atoms with E-state index < -0.39 is 24.0 Å². The molecule has 176 valence electrons. The second-order valence-electron chi connectivity index (χ2n) is 9.55. The van der Waals surface area contributed by atoms with Crippen molar-refractivity contribution in [2.75, 3.05) is 38.1 Å². The summed E-state index contributed by atoms with van der Waals surface area (Å²) in [7, 11) is 0. The van der Waals surface area contributed by atoms with Gasteiger partial charge in [-0.15, -0.1) is 10.2 Å². The summed E-state index contributed by atoms with van der Waals surface area (Å²) in [4.78, 5) is 7.37. The Bertz CT molecular complexity index is 1410. The number of nitriles is 1. The molecule has 7 nitrogen and oxygen atoms in total. The van der Waals surface area contributed by atoms with E-state index in [1.807, 2.05) is 0 Å². The highest BCUT2D eigenvalue weighted by Crippen LogP contribution is 2.75. The molecule has 1 aliphatic carbocycles. The average Bonchev–Trinajstić information content (AvgIpc) is 3.18. The first-order chi connectivity index (χ1) is 17.5. The van der Waals surface area contributed by atoms with Crippen LogP contribution in [0, 0.1) is 16.7 Å². The smallest absolute Gasteiger partial charge is 0.397 e. The lowest BCUT2D eigenvalue weighted by Crippen LogP contribution is -2.34. The first-order valence-electron chi connectivity index (χ1n) is 12.7. The first kappa shape index (κ1) is 18.2. The third-order valence-electron chi connectivity index (χ3n) is 7.76. The van der Waals surface area contributed by atoms with Gasteiger partial charge in [-0.2, -0.15) is 18.4 Å². The Morgan fingerprint density at radius 3 is 2.76 bits per heavy atom. The number of halogens is 3. The monoisotopic (exact) mass is 471 g/mol. The van der Waals surface area contributed by atoms with Gasteiger partial charge >= 0.3 is 6.18 Å². The molecule has 10 heteroatoms. The molecule has 3 aromatic rings. The zero-order valence-electron chi connectivity index (χ0n) is 21.1. The molecule has 0 radical (unpaired) electrons. The highest BCUT2D eigenvalue weighted by Gasteiger charge is 2.86. The van der Waals surface area contributed by atoms with Crippen LogP contribution in [-0.4, -0.2) is 59.4 Å². The number of hydrogen-bond acceptors (Lipinski definition) is 7. The molecule has 2 aliphatic heterocycles. The van der Waals surface area contributed by atoms with E-state index in [0.717, 1.165) is 0 Å². The maximum Gasteiger partial charge on any atom is 0.397 e. The average molecular weight is 472 g/mol. The minimum Gasteiger partial charge on any atom is -0.424 e. The number of alkyl halides is 3. The Morgan fingerprint density at radius 2 is 2.03 bits per heavy atom. The zero-order valence-corrected chi connectivity index (χ0v) is 18.1. The van der Waals surface area contributed by atoms with Crippen LogP contribution >= 0.6 is 0 Å². The molecular weight excluding hydrogens is 445 g/mol. The fourth-order valence-electron chi connectivity index (χ4n) is 5.82. The predicted molar refractivity (Wildman–Crippen MR) is 117 cm³/mol. The largest absolute Gasteiger partial charge is 0.424 e. The second kappa shape index (κ2) is 7.15. The highest BCUT2D eigenvalue weighted by atomic mass is 19.4. The summed E-state index contributed by atoms with van der Waals surface area (Å²) < 4.78 is 72.2. The Kier molecular flexibility index (Phi) is 3.82. The Morgan fingerprint density at radius 1 is 1.21 bits per heavy atom. The number of fused-ring (bicyclic) bond motifs is 2. The topological polar surface area (TPSA) is 82.1 Å². The van der Waals surface area contributed by atoms with Gasteiger partial charge < -0.3 is 14.2 Å². The van der Waals surface area contributed by atoms with Crippen molar-refractivity contribution in [3.05, 3.63) is 47.8 Å². The number of anilines is 1. The van der Waals surface area contributed by atoms with Crippen LogP contribution in [-0.2, 0) is 5.41 Å². The molecule has 0 bridgehead atoms. The molecule has 0 spiro atoms. The molecule has 4 heterocycles. The molecule has 3 aliphatic rings. The lowest BCUT2D eigenvalue weighted by atomic mass is 9.95. The third-order valence-corrected chi connectivity index (χ3v) is 7.76. The van der Waals surface area contributed by atoms with Gasteiger partial charge in [-0.3, -0.25) is 4.98 Å². The number of piperidine rings is 2. The van der Waals surface area contributed by atoms with Crippen molar-refractivity contribution in [3.63, 3.8) is 0 Å². The van der Waals surface area contributed by atoms with Crippen LogP contribution in [0.3, 0.4) is 0 Å². The lowest BCUT2D eigenvalue weighted by molar-refractivity contribution is -0.187. The van der Waals surface area contributed by atoms with Gasteiger partial charge in [0.2, 0.25) is 11.8 Å². The number of hydrogen-bond donors (Lipinski definition) is 0. The van der Waals surface area contributed by atoms with E-state index >= 15 is 0 Å². The normalized spacial score (nSPS) is 29.4. The number of nitrogens with zero attached hydrogens (tertiary/aromatic N) is 6. The van der Waals surface area contributed by atoms with Crippen molar-refractivity contribution >= 4 is 16.6 Å². The van der Waals surface area contributed by atoms with E-state index in [0.29, 0.717) is 48.1 Å². The molecule has 0 unspecified atom stereocenters. The number of likely N-dealkylation sites (tertiary alicyclic amines) is 1. The molecule has 34 heavy (non-hydrogen) atoms. The Hall–Kier alpha value is -3.19. The molecule has 2 saturated heterocycles. The van der Waals surface area contributed by atoms with E-state index in [1.54, 1.807) is 35.4 Å². The van der Waals surface area contributed by atoms with Gasteiger partial charge in [0.05, 0.1) is 16.5 Å². The SMILES string of the molecule is [2H]C([2H])([2H])N1CCC(c2nnc([C@@]34CN(c5ccc(C#N)c6ncccc56)C[C@]3(C(F)(F)F)C4)o2)CC1. The molecule has 2 aromatic heterocycles. The van der Waals surface area contributed by atoms with Crippen LogP contribution in [0.4, 0.5) is 18.9 Å². The molecule has 0 N–H and O–H groups in total. The predicted octanol–water partition coefficient (Wildman–Crippen LogP) is 4.01. The fourth-order valence-corrected chi connectivity index (χ4v) is 5.82. The maximum absolute atomic E-state index is 14.5. The van der Waals surface area contributed by atoms with E-state index in [2.05, 4.69) is 21.3 Å². The summed E-state index contributed by atoms with van der Waals surface area (Å²) in [6.07, 6.45) is -2.11. The number of pyridine rings is 1. The summed E-state index contributed by atoms with van der Waals surface area (Å²) in [6, 6.07) is 8.79. The van der Waals surface area contributed by atoms with E-state index in [9.17, 15) is 18.4 Å². The Balaban J connectivity index is 1.31. The van der Waals surface area contributed by atoms with Crippen molar-refractivity contribution in [1.82, 2.24) is 20.1 Å². The highest BCUT2D eigenvalue weighted by molar-refractivity contribution is 5.95. The van der Waals surface area contributed by atoms with E-state index in [1.165, 1.54) is 4.90 Å². The molecular formula is C24H23F3N6O. The van der Waals surface area contributed by atoms with Gasteiger partial charge in [0.25, 0.3) is 0 Å². The molecule has 2 atom stereocenters. The lowest BCUT2D eigenvalue weighted by Gasteiger charge is -2.26. The van der Waals surface area contributed by atoms with Crippen molar-refractivity contribution in [1.29, 1.82) is 5.26 Å². The van der Waals surface area contributed by atoms with Crippen LogP contribution < -0.4 is 4.90 Å². The van der Waals surface area contributed by atoms with Crippen LogP contribution in [0.15, 0.2) is 34.9 Å². The zero-order chi connectivity index (χ0) is 26.2. The quantitative estimate of drug-likeness (QED) is 0.571. The summed E-state index contributed by atoms with van der Waals surface area (Å²) in [6.45, 7) is -1.75. The van der Waals surface area contributed by atoms with Crippen molar-refractivity contribution in [3.8, 4) is 6.07 Å². The van der Waals surface area contributed by atoms with Crippen LogP contribution in [0.1, 0.15) is 46.6 Å². The summed E-state index contributed by atoms with van der Waals surface area (Å²) in [5.41, 5.74) is -2.00. The standard InChI is InChI=1S/C24H23F3N6O/c1-32-9-6-15(7-10-32)20-30-31-21(34-20)22-12-23(22,24(25,26)27)14-33(13-22)18-5-4-16(11-28)19-17(18)3-2-8-29-19/h2-5,8,15H,6-7,9-10,12-14H2,1H3/t22-,23-/m1/s1/i1D3. The number of aromatic nitrogens is 3. The summed E-state index contributed by atoms with van der Waals surface area (Å²) >= 11 is 0. The van der Waals surface area contributed by atoms with Gasteiger partial charge in [0.15, 0.2) is 0 Å². The number of benzene rings is 1. The van der Waals surface area contributed by atoms with Crippen molar-refractivity contribution in [2.45, 2.75) is 36.8 Å². The van der Waals surface area contributed by atoms with E-state index in [-0.39, 0.29) is 37.2 Å². The minimum absolute atomic E-state index is 0.0170. The van der Waals surface area contributed by atoms with Crippen molar-refractivity contribution < 1.29 is 21.7 Å². The third kappa shape index (κ3) is 2.89. The fraction of sp³-hybridized carbons (Fsp3) is 0.500. The van der Waals surface area contributed by atoms with Crippen LogP contribution in [0.2, 0.25) is 0 Å². The first-order valence-corrected chi connectivity index (χ1v) is 11.2. The van der Waals surface area contributed by atoms with Gasteiger partial charge in [-0.05, 0) is 63.6 Å². The van der Waals surface area contributed by atoms with Gasteiger partial charge in [0, 0.05) is 40.4 Å². The summed E-state index contributed by atoms with van der Waals surface area (Å²) in [5, 5.41) is 18.3. The maximum atomic E-state index is 14.5. The van der Waals surface area contributed by atoms with Gasteiger partial charge in [0.1, 0.15) is 11.5 Å². The van der Waals surface area contributed by atoms with Gasteiger partial charge in [-0.1, -0.05) is 0 Å². The van der Waals surface area contributed by atoms with E-state index in [4.69, 9.17) is 8.53 Å².